The quantitative estimate of drug-likeness (QED) is 0.596. The molecule has 0 radical (unpaired) electrons. The average Bonchev–Trinajstić information content (AvgIpc) is 2.03. The fourth-order valence-corrected chi connectivity index (χ4v) is 1.49. The molecule has 1 heterocycles. The fourth-order valence-electron chi connectivity index (χ4n) is 1.49. The molecule has 0 saturated carbocycles. The Morgan fingerprint density at radius 1 is 1.82 bits per heavy atom. The molecule has 2 unspecified atom stereocenters. The number of nitrogens with two attached hydrogens (primary N) is 1. The predicted octanol–water partition coefficient (Wildman–Crippen LogP) is 0.107. The van der Waals surface area contributed by atoms with Crippen molar-refractivity contribution in [3.05, 3.63) is 0 Å². The van der Waals surface area contributed by atoms with Crippen LogP contribution in [-0.4, -0.2) is 19.0 Å². The molecule has 1 fully saturated rings. The van der Waals surface area contributed by atoms with Crippen molar-refractivity contribution in [1.82, 2.24) is 5.32 Å². The molecule has 0 bridgehead atoms. The van der Waals surface area contributed by atoms with Gasteiger partial charge >= 0.3 is 0 Å². The van der Waals surface area contributed by atoms with E-state index in [2.05, 4.69) is 12.2 Å². The van der Waals surface area contributed by atoms with Crippen LogP contribution in [0.25, 0.3) is 0 Å². The average molecular weight is 156 g/mol. The normalized spacial score (nSPS) is 27.8. The van der Waals surface area contributed by atoms with Crippen molar-refractivity contribution in [2.45, 2.75) is 19.8 Å². The molecular weight excluding hydrogens is 140 g/mol. The van der Waals surface area contributed by atoms with Gasteiger partial charge in [0, 0.05) is 13.0 Å². The summed E-state index contributed by atoms with van der Waals surface area (Å²) in [6, 6.07) is 0. The second-order valence-electron chi connectivity index (χ2n) is 3.32. The Kier molecular flexibility index (Phi) is 2.88. The van der Waals surface area contributed by atoms with E-state index in [-0.39, 0.29) is 5.91 Å². The Labute approximate surface area is 67.3 Å². The largest absolute Gasteiger partial charge is 0.356 e. The molecule has 0 aromatic heterocycles. The molecule has 1 aliphatic heterocycles. The molecule has 1 saturated heterocycles. The van der Waals surface area contributed by atoms with Crippen molar-refractivity contribution in [1.29, 1.82) is 0 Å². The fraction of sp³-hybridized carbons (Fsp3) is 0.875. The van der Waals surface area contributed by atoms with E-state index >= 15 is 0 Å². The van der Waals surface area contributed by atoms with E-state index in [0.29, 0.717) is 24.8 Å². The Hall–Kier alpha value is -0.570. The smallest absolute Gasteiger partial charge is 0.220 e. The minimum Gasteiger partial charge on any atom is -0.356 e. The van der Waals surface area contributed by atoms with Gasteiger partial charge in [-0.15, -0.1) is 0 Å². The molecule has 1 rings (SSSR count). The zero-order valence-corrected chi connectivity index (χ0v) is 6.97. The van der Waals surface area contributed by atoms with Gasteiger partial charge in [-0.25, -0.2) is 0 Å². The van der Waals surface area contributed by atoms with Gasteiger partial charge in [-0.1, -0.05) is 6.92 Å². The van der Waals surface area contributed by atoms with Crippen LogP contribution < -0.4 is 11.1 Å². The molecule has 0 aromatic carbocycles. The van der Waals surface area contributed by atoms with E-state index in [4.69, 9.17) is 5.73 Å². The van der Waals surface area contributed by atoms with Crippen molar-refractivity contribution < 1.29 is 4.79 Å². The third-order valence-electron chi connectivity index (χ3n) is 2.46. The van der Waals surface area contributed by atoms with Crippen LogP contribution in [0.5, 0.6) is 0 Å². The highest BCUT2D eigenvalue weighted by Crippen LogP contribution is 2.20. The summed E-state index contributed by atoms with van der Waals surface area (Å²) in [5.41, 5.74) is 5.52. The SMILES string of the molecule is CC(CN)C1CCNC(=O)C1. The zero-order valence-electron chi connectivity index (χ0n) is 6.97. The van der Waals surface area contributed by atoms with Crippen LogP contribution in [0.4, 0.5) is 0 Å². The summed E-state index contributed by atoms with van der Waals surface area (Å²) in [5, 5.41) is 2.81. The number of nitrogens with one attached hydrogen (secondary N) is 1. The van der Waals surface area contributed by atoms with Crippen molar-refractivity contribution in [3.63, 3.8) is 0 Å². The highest BCUT2D eigenvalue weighted by Gasteiger charge is 2.22. The van der Waals surface area contributed by atoms with Crippen LogP contribution in [0.2, 0.25) is 0 Å². The topological polar surface area (TPSA) is 55.1 Å². The van der Waals surface area contributed by atoms with Gasteiger partial charge in [0.2, 0.25) is 5.91 Å². The Morgan fingerprint density at radius 2 is 2.55 bits per heavy atom. The minimum absolute atomic E-state index is 0.182. The number of amides is 1. The monoisotopic (exact) mass is 156 g/mol. The number of carbonyl (C=O) groups is 1. The van der Waals surface area contributed by atoms with Crippen molar-refractivity contribution in [2.24, 2.45) is 17.6 Å². The van der Waals surface area contributed by atoms with Crippen LogP contribution in [0.3, 0.4) is 0 Å². The van der Waals surface area contributed by atoms with E-state index < -0.39 is 0 Å². The Morgan fingerprint density at radius 3 is 3.09 bits per heavy atom. The number of hydrogen-bond donors (Lipinski definition) is 2. The third-order valence-corrected chi connectivity index (χ3v) is 2.46. The lowest BCUT2D eigenvalue weighted by Gasteiger charge is -2.26. The standard InChI is InChI=1S/C8H16N2O/c1-6(5-9)7-2-3-10-8(11)4-7/h6-7H,2-5,9H2,1H3,(H,10,11). The number of piperidine rings is 1. The molecule has 0 aliphatic carbocycles. The highest BCUT2D eigenvalue weighted by molar-refractivity contribution is 5.76. The molecular formula is C8H16N2O. The van der Waals surface area contributed by atoms with Crippen molar-refractivity contribution in [2.75, 3.05) is 13.1 Å². The Bertz CT molecular complexity index is 147. The number of hydrogen-bond acceptors (Lipinski definition) is 2. The van der Waals surface area contributed by atoms with Gasteiger partial charge in [-0.3, -0.25) is 4.79 Å². The van der Waals surface area contributed by atoms with Crippen molar-refractivity contribution in [3.8, 4) is 0 Å². The molecule has 3 heteroatoms. The lowest BCUT2D eigenvalue weighted by Crippen LogP contribution is -2.37. The molecule has 1 aliphatic rings. The van der Waals surface area contributed by atoms with E-state index in [1.54, 1.807) is 0 Å². The summed E-state index contributed by atoms with van der Waals surface area (Å²) >= 11 is 0. The number of rotatable bonds is 2. The summed E-state index contributed by atoms with van der Waals surface area (Å²) in [6.45, 7) is 3.63. The van der Waals surface area contributed by atoms with Gasteiger partial charge in [0.15, 0.2) is 0 Å². The lowest BCUT2D eigenvalue weighted by atomic mass is 9.86. The maximum absolute atomic E-state index is 10.9. The van der Waals surface area contributed by atoms with Crippen LogP contribution in [0.1, 0.15) is 19.8 Å². The molecule has 11 heavy (non-hydrogen) atoms. The second-order valence-corrected chi connectivity index (χ2v) is 3.32. The first kappa shape index (κ1) is 8.53. The molecule has 1 amide bonds. The first-order chi connectivity index (χ1) is 5.24. The molecule has 0 aromatic rings. The van der Waals surface area contributed by atoms with E-state index in [1.165, 1.54) is 0 Å². The molecule has 64 valence electrons. The summed E-state index contributed by atoms with van der Waals surface area (Å²) in [6.07, 6.45) is 1.75. The zero-order chi connectivity index (χ0) is 8.27. The van der Waals surface area contributed by atoms with Gasteiger partial charge in [0.25, 0.3) is 0 Å². The van der Waals surface area contributed by atoms with Gasteiger partial charge < -0.3 is 11.1 Å². The van der Waals surface area contributed by atoms with Crippen LogP contribution in [-0.2, 0) is 4.79 Å². The van der Waals surface area contributed by atoms with Crippen molar-refractivity contribution >= 4 is 5.91 Å². The van der Waals surface area contributed by atoms with E-state index in [1.807, 2.05) is 0 Å². The summed E-state index contributed by atoms with van der Waals surface area (Å²) in [5.74, 6) is 1.18. The highest BCUT2D eigenvalue weighted by atomic mass is 16.1. The van der Waals surface area contributed by atoms with E-state index in [9.17, 15) is 4.79 Å². The van der Waals surface area contributed by atoms with Gasteiger partial charge in [-0.2, -0.15) is 0 Å². The summed E-state index contributed by atoms with van der Waals surface area (Å²) in [4.78, 5) is 10.9. The van der Waals surface area contributed by atoms with Crippen LogP contribution in [0, 0.1) is 11.8 Å². The Balaban J connectivity index is 2.39. The minimum atomic E-state index is 0.182. The molecule has 3 nitrogen and oxygen atoms in total. The maximum Gasteiger partial charge on any atom is 0.220 e. The lowest BCUT2D eigenvalue weighted by molar-refractivity contribution is -0.123. The van der Waals surface area contributed by atoms with Gasteiger partial charge in [0.1, 0.15) is 0 Å². The van der Waals surface area contributed by atoms with Crippen LogP contribution in [0.15, 0.2) is 0 Å². The maximum atomic E-state index is 10.9. The summed E-state index contributed by atoms with van der Waals surface area (Å²) in [7, 11) is 0. The van der Waals surface area contributed by atoms with Gasteiger partial charge in [-0.05, 0) is 24.8 Å². The molecule has 2 atom stereocenters. The first-order valence-corrected chi connectivity index (χ1v) is 4.20. The summed E-state index contributed by atoms with van der Waals surface area (Å²) < 4.78 is 0. The second kappa shape index (κ2) is 3.72. The molecule has 0 spiro atoms. The van der Waals surface area contributed by atoms with Gasteiger partial charge in [0.05, 0.1) is 0 Å². The molecule has 3 N–H and O–H groups in total. The third kappa shape index (κ3) is 2.19. The first-order valence-electron chi connectivity index (χ1n) is 4.20. The predicted molar refractivity (Wildman–Crippen MR) is 44.0 cm³/mol. The number of carbonyl (C=O) groups excluding carboxylic acids is 1. The van der Waals surface area contributed by atoms with Crippen LogP contribution >= 0.6 is 0 Å². The van der Waals surface area contributed by atoms with E-state index in [0.717, 1.165) is 13.0 Å².